The van der Waals surface area contributed by atoms with Gasteiger partial charge in [0.1, 0.15) is 6.10 Å². The molecule has 0 aliphatic heterocycles. The zero-order valence-electron chi connectivity index (χ0n) is 22.9. The first-order valence-corrected chi connectivity index (χ1v) is 14.2. The number of ether oxygens (including phenoxy) is 1. The van der Waals surface area contributed by atoms with Crippen molar-refractivity contribution in [2.45, 2.75) is 143 Å². The molecule has 0 amide bonds. The number of hydrogen-bond acceptors (Lipinski definition) is 3. The first kappa shape index (κ1) is 30.7. The second kappa shape index (κ2) is 17.2. The Morgan fingerprint density at radius 3 is 2.09 bits per heavy atom. The van der Waals surface area contributed by atoms with E-state index in [0.717, 1.165) is 32.1 Å². The van der Waals surface area contributed by atoms with Crippen LogP contribution in [0.1, 0.15) is 137 Å². The fraction of sp³-hybridized carbons (Fsp3) is 0.867. The van der Waals surface area contributed by atoms with Crippen molar-refractivity contribution in [3.63, 3.8) is 0 Å². The lowest BCUT2D eigenvalue weighted by Gasteiger charge is -2.27. The van der Waals surface area contributed by atoms with Gasteiger partial charge in [0.15, 0.2) is 0 Å². The fourth-order valence-corrected chi connectivity index (χ4v) is 5.33. The number of carboxylic acids is 1. The van der Waals surface area contributed by atoms with E-state index in [9.17, 15) is 14.7 Å². The van der Waals surface area contributed by atoms with Crippen LogP contribution in [0, 0.1) is 23.2 Å². The molecule has 198 valence electrons. The highest BCUT2D eigenvalue weighted by molar-refractivity contribution is 5.83. The minimum Gasteiger partial charge on any atom is -0.481 e. The van der Waals surface area contributed by atoms with Gasteiger partial charge in [0, 0.05) is 0 Å². The third kappa shape index (κ3) is 14.2. The first-order valence-electron chi connectivity index (χ1n) is 14.2. The van der Waals surface area contributed by atoms with Gasteiger partial charge in [-0.3, -0.25) is 9.59 Å². The monoisotopic (exact) mass is 478 g/mol. The summed E-state index contributed by atoms with van der Waals surface area (Å²) < 4.78 is 5.98. The topological polar surface area (TPSA) is 63.6 Å². The Labute approximate surface area is 210 Å². The molecule has 0 radical (unpaired) electrons. The van der Waals surface area contributed by atoms with Crippen LogP contribution >= 0.6 is 0 Å². The van der Waals surface area contributed by atoms with Gasteiger partial charge in [-0.1, -0.05) is 105 Å². The molecule has 0 aromatic heterocycles. The summed E-state index contributed by atoms with van der Waals surface area (Å²) in [6.45, 7) is 11.4. The normalized spacial score (nSPS) is 20.1. The van der Waals surface area contributed by atoms with Crippen molar-refractivity contribution in [3.05, 3.63) is 12.2 Å². The van der Waals surface area contributed by atoms with Crippen molar-refractivity contribution >= 4 is 11.9 Å². The van der Waals surface area contributed by atoms with Gasteiger partial charge in [-0.15, -0.1) is 0 Å². The minimum absolute atomic E-state index is 0.103. The SMILES string of the molecule is CCCCCCCCCCCCC(CCC(C)CC(C)(C)C)OC(=O)C1C=CCCC1C(=O)O. The van der Waals surface area contributed by atoms with Crippen molar-refractivity contribution in [2.24, 2.45) is 23.2 Å². The van der Waals surface area contributed by atoms with Gasteiger partial charge in [-0.05, 0) is 56.3 Å². The maximum absolute atomic E-state index is 12.9. The Morgan fingerprint density at radius 1 is 0.941 bits per heavy atom. The molecule has 4 atom stereocenters. The molecule has 4 unspecified atom stereocenters. The van der Waals surface area contributed by atoms with E-state index in [0.29, 0.717) is 24.2 Å². The fourth-order valence-electron chi connectivity index (χ4n) is 5.33. The number of hydrogen-bond donors (Lipinski definition) is 1. The van der Waals surface area contributed by atoms with Crippen molar-refractivity contribution in [1.82, 2.24) is 0 Å². The Kier molecular flexibility index (Phi) is 15.5. The smallest absolute Gasteiger partial charge is 0.313 e. The minimum atomic E-state index is -0.892. The highest BCUT2D eigenvalue weighted by Gasteiger charge is 2.35. The predicted octanol–water partition coefficient (Wildman–Crippen LogP) is 8.73. The van der Waals surface area contributed by atoms with Crippen molar-refractivity contribution in [3.8, 4) is 0 Å². The van der Waals surface area contributed by atoms with Crippen molar-refractivity contribution in [1.29, 1.82) is 0 Å². The molecule has 0 bridgehead atoms. The van der Waals surface area contributed by atoms with Crippen LogP contribution in [0.3, 0.4) is 0 Å². The third-order valence-corrected chi connectivity index (χ3v) is 7.12. The average Bonchev–Trinajstić information content (AvgIpc) is 2.77. The van der Waals surface area contributed by atoms with Crippen LogP contribution in [0.5, 0.6) is 0 Å². The molecule has 1 N–H and O–H groups in total. The van der Waals surface area contributed by atoms with Gasteiger partial charge in [0.25, 0.3) is 0 Å². The van der Waals surface area contributed by atoms with Crippen LogP contribution in [-0.2, 0) is 14.3 Å². The molecule has 4 nitrogen and oxygen atoms in total. The summed E-state index contributed by atoms with van der Waals surface area (Å²) in [7, 11) is 0. The largest absolute Gasteiger partial charge is 0.481 e. The molecule has 1 aliphatic rings. The highest BCUT2D eigenvalue weighted by atomic mass is 16.5. The van der Waals surface area contributed by atoms with Crippen LogP contribution in [0.4, 0.5) is 0 Å². The molecule has 0 spiro atoms. The van der Waals surface area contributed by atoms with Gasteiger partial charge in [-0.25, -0.2) is 0 Å². The molecular formula is C30H54O4. The van der Waals surface area contributed by atoms with E-state index in [1.165, 1.54) is 57.8 Å². The molecular weight excluding hydrogens is 424 g/mol. The summed E-state index contributed by atoms with van der Waals surface area (Å²) in [6, 6.07) is 0. The number of aliphatic carboxylic acids is 1. The summed E-state index contributed by atoms with van der Waals surface area (Å²) in [4.78, 5) is 24.6. The van der Waals surface area contributed by atoms with Crippen LogP contribution < -0.4 is 0 Å². The summed E-state index contributed by atoms with van der Waals surface area (Å²) in [5.74, 6) is -1.96. The summed E-state index contributed by atoms with van der Waals surface area (Å²) >= 11 is 0. The van der Waals surface area contributed by atoms with E-state index in [2.05, 4.69) is 34.6 Å². The van der Waals surface area contributed by atoms with E-state index in [1.807, 2.05) is 6.08 Å². The standard InChI is InChI=1S/C30H54O4/c1-6-7-8-9-10-11-12-13-14-15-18-25(22-21-24(2)23-30(3,4)5)34-29(33)27-20-17-16-19-26(27)28(31)32/h17,20,24-27H,6-16,18-19,21-23H2,1-5H3,(H,31,32). The maximum Gasteiger partial charge on any atom is 0.313 e. The van der Waals surface area contributed by atoms with E-state index in [4.69, 9.17) is 4.74 Å². The number of unbranched alkanes of at least 4 members (excludes halogenated alkanes) is 9. The second-order valence-corrected chi connectivity index (χ2v) is 12.0. The van der Waals surface area contributed by atoms with E-state index >= 15 is 0 Å². The molecule has 0 aromatic carbocycles. The van der Waals surface area contributed by atoms with Gasteiger partial charge < -0.3 is 9.84 Å². The Hall–Kier alpha value is -1.32. The van der Waals surface area contributed by atoms with Gasteiger partial charge >= 0.3 is 11.9 Å². The molecule has 1 aliphatic carbocycles. The van der Waals surface area contributed by atoms with Crippen LogP contribution in [0.25, 0.3) is 0 Å². The Bertz CT molecular complexity index is 589. The molecule has 1 rings (SSSR count). The lowest BCUT2D eigenvalue weighted by atomic mass is 9.83. The van der Waals surface area contributed by atoms with E-state index in [1.54, 1.807) is 6.08 Å². The average molecular weight is 479 g/mol. The Balaban J connectivity index is 2.51. The molecule has 0 heterocycles. The zero-order valence-corrected chi connectivity index (χ0v) is 22.9. The predicted molar refractivity (Wildman–Crippen MR) is 142 cm³/mol. The number of carboxylic acid groups (broad SMARTS) is 1. The zero-order chi connectivity index (χ0) is 25.4. The quantitative estimate of drug-likeness (QED) is 0.121. The summed E-state index contributed by atoms with van der Waals surface area (Å²) in [5, 5.41) is 9.54. The number of esters is 1. The maximum atomic E-state index is 12.9. The van der Waals surface area contributed by atoms with Crippen molar-refractivity contribution < 1.29 is 19.4 Å². The number of carbonyl (C=O) groups is 2. The Morgan fingerprint density at radius 2 is 1.53 bits per heavy atom. The molecule has 0 saturated heterocycles. The van der Waals surface area contributed by atoms with E-state index < -0.39 is 17.8 Å². The van der Waals surface area contributed by atoms with Gasteiger partial charge in [0.2, 0.25) is 0 Å². The molecule has 0 aromatic rings. The molecule has 0 saturated carbocycles. The molecule has 34 heavy (non-hydrogen) atoms. The third-order valence-electron chi connectivity index (χ3n) is 7.12. The van der Waals surface area contributed by atoms with Gasteiger partial charge in [0.05, 0.1) is 11.8 Å². The van der Waals surface area contributed by atoms with Crippen molar-refractivity contribution in [2.75, 3.05) is 0 Å². The number of allylic oxidation sites excluding steroid dienone is 1. The number of rotatable bonds is 18. The lowest BCUT2D eigenvalue weighted by molar-refractivity contribution is -0.160. The number of carbonyl (C=O) groups excluding carboxylic acids is 1. The van der Waals surface area contributed by atoms with Crippen LogP contribution in [0.2, 0.25) is 0 Å². The van der Waals surface area contributed by atoms with Crippen LogP contribution in [0.15, 0.2) is 12.2 Å². The first-order chi connectivity index (χ1) is 16.1. The van der Waals surface area contributed by atoms with E-state index in [-0.39, 0.29) is 12.1 Å². The summed E-state index contributed by atoms with van der Waals surface area (Å²) in [6.07, 6.45) is 21.6. The lowest BCUT2D eigenvalue weighted by Crippen LogP contribution is -2.34. The highest BCUT2D eigenvalue weighted by Crippen LogP contribution is 2.30. The molecule has 0 fully saturated rings. The van der Waals surface area contributed by atoms with Gasteiger partial charge in [-0.2, -0.15) is 0 Å². The second-order valence-electron chi connectivity index (χ2n) is 12.0. The van der Waals surface area contributed by atoms with Crippen LogP contribution in [-0.4, -0.2) is 23.1 Å². The molecule has 4 heteroatoms. The summed E-state index contributed by atoms with van der Waals surface area (Å²) in [5.41, 5.74) is 0.295.